The van der Waals surface area contributed by atoms with Crippen LogP contribution in [-0.2, 0) is 4.79 Å². The predicted octanol–water partition coefficient (Wildman–Crippen LogP) is 1.83. The number of carbonyl (C=O) groups is 2. The van der Waals surface area contributed by atoms with Gasteiger partial charge in [0.1, 0.15) is 0 Å². The molecule has 6 heteroatoms. The van der Waals surface area contributed by atoms with Gasteiger partial charge in [-0.2, -0.15) is 0 Å². The molecule has 1 aromatic rings. The average molecular weight is 283 g/mol. The summed E-state index contributed by atoms with van der Waals surface area (Å²) >= 11 is 5.77. The minimum Gasteiger partial charge on any atom is -0.478 e. The number of benzene rings is 1. The van der Waals surface area contributed by atoms with E-state index in [-0.39, 0.29) is 28.3 Å². The SMILES string of the molecule is C[C@@H]1CNC[C@H]1C(=O)Nc1ccc(Cl)c(C(=O)O)c1. The van der Waals surface area contributed by atoms with Gasteiger partial charge < -0.3 is 15.7 Å². The highest BCUT2D eigenvalue weighted by molar-refractivity contribution is 6.33. The van der Waals surface area contributed by atoms with Crippen molar-refractivity contribution >= 4 is 29.2 Å². The van der Waals surface area contributed by atoms with Gasteiger partial charge in [-0.25, -0.2) is 4.79 Å². The zero-order valence-corrected chi connectivity index (χ0v) is 11.2. The topological polar surface area (TPSA) is 78.4 Å². The fourth-order valence-corrected chi connectivity index (χ4v) is 2.36. The van der Waals surface area contributed by atoms with Gasteiger partial charge in [-0.3, -0.25) is 4.79 Å². The van der Waals surface area contributed by atoms with E-state index in [0.29, 0.717) is 12.2 Å². The van der Waals surface area contributed by atoms with Crippen LogP contribution in [0.3, 0.4) is 0 Å². The van der Waals surface area contributed by atoms with E-state index in [2.05, 4.69) is 10.6 Å². The van der Waals surface area contributed by atoms with E-state index in [1.165, 1.54) is 12.1 Å². The van der Waals surface area contributed by atoms with Crippen molar-refractivity contribution < 1.29 is 14.7 Å². The smallest absolute Gasteiger partial charge is 0.337 e. The maximum Gasteiger partial charge on any atom is 0.337 e. The molecule has 1 aliphatic heterocycles. The van der Waals surface area contributed by atoms with E-state index < -0.39 is 5.97 Å². The standard InChI is InChI=1S/C13H15ClN2O3/c1-7-5-15-6-10(7)12(17)16-8-2-3-11(14)9(4-8)13(18)19/h2-4,7,10,15H,5-6H2,1H3,(H,16,17)(H,18,19)/t7-,10-/m1/s1. The number of aromatic carboxylic acids is 1. The number of amides is 1. The van der Waals surface area contributed by atoms with Gasteiger partial charge in [-0.1, -0.05) is 18.5 Å². The van der Waals surface area contributed by atoms with E-state index in [9.17, 15) is 9.59 Å². The average Bonchev–Trinajstić information content (AvgIpc) is 2.77. The number of nitrogens with one attached hydrogen (secondary N) is 2. The predicted molar refractivity (Wildman–Crippen MR) is 72.6 cm³/mol. The lowest BCUT2D eigenvalue weighted by Gasteiger charge is -2.14. The molecule has 2 atom stereocenters. The molecule has 1 fully saturated rings. The summed E-state index contributed by atoms with van der Waals surface area (Å²) in [4.78, 5) is 23.0. The van der Waals surface area contributed by atoms with Crippen molar-refractivity contribution in [2.24, 2.45) is 11.8 Å². The third-order valence-corrected chi connectivity index (χ3v) is 3.65. The molecule has 0 spiro atoms. The Labute approximate surface area is 116 Å². The number of carboxylic acid groups (broad SMARTS) is 1. The summed E-state index contributed by atoms with van der Waals surface area (Å²) in [6, 6.07) is 4.44. The Balaban J connectivity index is 2.13. The quantitative estimate of drug-likeness (QED) is 0.790. The van der Waals surface area contributed by atoms with Crippen LogP contribution in [0.1, 0.15) is 17.3 Å². The van der Waals surface area contributed by atoms with Crippen molar-refractivity contribution in [3.8, 4) is 0 Å². The zero-order valence-electron chi connectivity index (χ0n) is 10.4. The van der Waals surface area contributed by atoms with Gasteiger partial charge in [0, 0.05) is 12.2 Å². The highest BCUT2D eigenvalue weighted by Crippen LogP contribution is 2.23. The number of carboxylic acids is 1. The molecule has 1 saturated heterocycles. The first kappa shape index (κ1) is 13.8. The lowest BCUT2D eigenvalue weighted by atomic mass is 9.97. The molecule has 0 aliphatic carbocycles. The Bertz CT molecular complexity index is 519. The summed E-state index contributed by atoms with van der Waals surface area (Å²) < 4.78 is 0. The summed E-state index contributed by atoms with van der Waals surface area (Å²) in [5, 5.41) is 15.0. The van der Waals surface area contributed by atoms with Crippen LogP contribution in [-0.4, -0.2) is 30.1 Å². The van der Waals surface area contributed by atoms with Crippen LogP contribution in [0.2, 0.25) is 5.02 Å². The normalized spacial score (nSPS) is 22.2. The van der Waals surface area contributed by atoms with Gasteiger partial charge in [-0.05, 0) is 30.7 Å². The maximum absolute atomic E-state index is 12.1. The van der Waals surface area contributed by atoms with Gasteiger partial charge in [0.15, 0.2) is 0 Å². The van der Waals surface area contributed by atoms with Crippen molar-refractivity contribution in [1.29, 1.82) is 0 Å². The highest BCUT2D eigenvalue weighted by Gasteiger charge is 2.29. The third kappa shape index (κ3) is 3.05. The molecular weight excluding hydrogens is 268 g/mol. The minimum atomic E-state index is -1.11. The lowest BCUT2D eigenvalue weighted by molar-refractivity contribution is -0.120. The minimum absolute atomic E-state index is 0.0166. The molecule has 0 aromatic heterocycles. The number of carbonyl (C=O) groups excluding carboxylic acids is 1. The largest absolute Gasteiger partial charge is 0.478 e. The molecule has 19 heavy (non-hydrogen) atoms. The summed E-state index contributed by atoms with van der Waals surface area (Å²) in [6.45, 7) is 3.47. The summed E-state index contributed by atoms with van der Waals surface area (Å²) in [5.74, 6) is -1.04. The second-order valence-electron chi connectivity index (χ2n) is 4.73. The van der Waals surface area contributed by atoms with Gasteiger partial charge in [0.05, 0.1) is 16.5 Å². The van der Waals surface area contributed by atoms with E-state index in [1.54, 1.807) is 6.07 Å². The molecule has 1 aliphatic rings. The first-order valence-electron chi connectivity index (χ1n) is 6.03. The molecule has 1 heterocycles. The molecular formula is C13H15ClN2O3. The molecule has 2 rings (SSSR count). The van der Waals surface area contributed by atoms with Gasteiger partial charge in [0.25, 0.3) is 0 Å². The Morgan fingerprint density at radius 2 is 2.16 bits per heavy atom. The number of hydrogen-bond acceptors (Lipinski definition) is 3. The molecule has 5 nitrogen and oxygen atoms in total. The first-order chi connectivity index (χ1) is 8.99. The molecule has 0 unspecified atom stereocenters. The van der Waals surface area contributed by atoms with Gasteiger partial charge in [-0.15, -0.1) is 0 Å². The number of rotatable bonds is 3. The summed E-state index contributed by atoms with van der Waals surface area (Å²) in [6.07, 6.45) is 0. The van der Waals surface area contributed by atoms with Crippen molar-refractivity contribution in [2.75, 3.05) is 18.4 Å². The molecule has 1 amide bonds. The number of halogens is 1. The maximum atomic E-state index is 12.1. The van der Waals surface area contributed by atoms with Crippen molar-refractivity contribution in [2.45, 2.75) is 6.92 Å². The van der Waals surface area contributed by atoms with E-state index in [1.807, 2.05) is 6.92 Å². The van der Waals surface area contributed by atoms with E-state index in [4.69, 9.17) is 16.7 Å². The zero-order chi connectivity index (χ0) is 14.0. The second-order valence-corrected chi connectivity index (χ2v) is 5.14. The molecule has 0 bridgehead atoms. The van der Waals surface area contributed by atoms with Gasteiger partial charge in [0.2, 0.25) is 5.91 Å². The first-order valence-corrected chi connectivity index (χ1v) is 6.41. The fraction of sp³-hybridized carbons (Fsp3) is 0.385. The second kappa shape index (κ2) is 5.59. The monoisotopic (exact) mass is 282 g/mol. The van der Waals surface area contributed by atoms with Gasteiger partial charge >= 0.3 is 5.97 Å². The number of hydrogen-bond donors (Lipinski definition) is 3. The van der Waals surface area contributed by atoms with Crippen LogP contribution in [0.5, 0.6) is 0 Å². The molecule has 102 valence electrons. The van der Waals surface area contributed by atoms with Crippen molar-refractivity contribution in [3.05, 3.63) is 28.8 Å². The Hall–Kier alpha value is -1.59. The lowest BCUT2D eigenvalue weighted by Crippen LogP contribution is -2.27. The van der Waals surface area contributed by atoms with E-state index in [0.717, 1.165) is 6.54 Å². The van der Waals surface area contributed by atoms with E-state index >= 15 is 0 Å². The molecule has 0 radical (unpaired) electrons. The van der Waals surface area contributed by atoms with Crippen LogP contribution in [0.4, 0.5) is 5.69 Å². The van der Waals surface area contributed by atoms with Crippen molar-refractivity contribution in [1.82, 2.24) is 5.32 Å². The summed E-state index contributed by atoms with van der Waals surface area (Å²) in [5.41, 5.74) is 0.433. The van der Waals surface area contributed by atoms with Crippen LogP contribution >= 0.6 is 11.6 Å². The van der Waals surface area contributed by atoms with Crippen LogP contribution in [0.15, 0.2) is 18.2 Å². The Morgan fingerprint density at radius 3 is 2.74 bits per heavy atom. The Morgan fingerprint density at radius 1 is 1.42 bits per heavy atom. The number of anilines is 1. The highest BCUT2D eigenvalue weighted by atomic mass is 35.5. The Kier molecular flexibility index (Phi) is 4.07. The fourth-order valence-electron chi connectivity index (χ4n) is 2.16. The van der Waals surface area contributed by atoms with Crippen LogP contribution in [0, 0.1) is 11.8 Å². The third-order valence-electron chi connectivity index (χ3n) is 3.32. The van der Waals surface area contributed by atoms with Crippen molar-refractivity contribution in [3.63, 3.8) is 0 Å². The summed E-state index contributed by atoms with van der Waals surface area (Å²) in [7, 11) is 0. The van der Waals surface area contributed by atoms with Crippen LogP contribution < -0.4 is 10.6 Å². The molecule has 0 saturated carbocycles. The molecule has 3 N–H and O–H groups in total. The van der Waals surface area contributed by atoms with Crippen LogP contribution in [0.25, 0.3) is 0 Å². The molecule has 1 aromatic carbocycles.